The zero-order valence-corrected chi connectivity index (χ0v) is 11.7. The number of aromatic nitrogens is 1. The quantitative estimate of drug-likeness (QED) is 0.400. The zero-order chi connectivity index (χ0) is 15.6. The summed E-state index contributed by atoms with van der Waals surface area (Å²) in [4.78, 5) is 13.1. The second-order valence-electron chi connectivity index (χ2n) is 3.88. The molecule has 0 saturated carbocycles. The van der Waals surface area contributed by atoms with Crippen molar-refractivity contribution in [2.24, 2.45) is 0 Å². The van der Waals surface area contributed by atoms with Gasteiger partial charge in [-0.3, -0.25) is 10.1 Å². The molecule has 0 unspecified atom stereocenters. The van der Waals surface area contributed by atoms with Crippen molar-refractivity contribution in [3.8, 4) is 0 Å². The Labute approximate surface area is 123 Å². The van der Waals surface area contributed by atoms with Gasteiger partial charge in [0.1, 0.15) is 4.90 Å². The van der Waals surface area contributed by atoms with Crippen LogP contribution in [-0.4, -0.2) is 18.3 Å². The van der Waals surface area contributed by atoms with Gasteiger partial charge in [0, 0.05) is 11.8 Å². The summed E-state index contributed by atoms with van der Waals surface area (Å²) in [5.74, 6) is 0. The first-order valence-corrected chi connectivity index (χ1v) is 7.15. The molecule has 10 heteroatoms. The first kappa shape index (κ1) is 15.1. The van der Waals surface area contributed by atoms with Gasteiger partial charge in [-0.15, -0.1) is 3.89 Å². The van der Waals surface area contributed by atoms with Gasteiger partial charge in [0.2, 0.25) is 5.15 Å². The topological polar surface area (TPSA) is 102 Å². The van der Waals surface area contributed by atoms with Crippen LogP contribution in [0.2, 0.25) is 5.15 Å². The van der Waals surface area contributed by atoms with E-state index in [0.717, 1.165) is 18.2 Å². The summed E-state index contributed by atoms with van der Waals surface area (Å²) in [6.07, 6.45) is 1.23. The highest BCUT2D eigenvalue weighted by molar-refractivity contribution is 7.86. The van der Waals surface area contributed by atoms with Crippen molar-refractivity contribution in [1.29, 1.82) is 0 Å². The summed E-state index contributed by atoms with van der Waals surface area (Å²) in [5, 5.41) is 13.1. The summed E-state index contributed by atoms with van der Waals surface area (Å²) in [5.41, 5.74) is 0.0302. The minimum Gasteiger partial charge on any atom is -0.354 e. The Morgan fingerprint density at radius 2 is 2.00 bits per heavy atom. The normalized spacial score (nSPS) is 11.1. The van der Waals surface area contributed by atoms with E-state index in [4.69, 9.17) is 11.6 Å². The molecule has 110 valence electrons. The number of rotatable bonds is 4. The fourth-order valence-electron chi connectivity index (χ4n) is 1.53. The highest BCUT2D eigenvalue weighted by Crippen LogP contribution is 2.27. The van der Waals surface area contributed by atoms with Gasteiger partial charge in [0.25, 0.3) is 0 Å². The van der Waals surface area contributed by atoms with E-state index in [2.05, 4.69) is 10.3 Å². The van der Waals surface area contributed by atoms with Crippen LogP contribution < -0.4 is 5.32 Å². The predicted molar refractivity (Wildman–Crippen MR) is 73.9 cm³/mol. The minimum atomic E-state index is -4.83. The van der Waals surface area contributed by atoms with E-state index in [0.29, 0.717) is 0 Å². The molecule has 0 bridgehead atoms. The van der Waals surface area contributed by atoms with Crippen LogP contribution >= 0.6 is 11.6 Å². The molecule has 7 nitrogen and oxygen atoms in total. The molecule has 1 heterocycles. The number of nitrogens with one attached hydrogen (secondary N) is 1. The van der Waals surface area contributed by atoms with Crippen LogP contribution in [0.4, 0.5) is 20.9 Å². The van der Waals surface area contributed by atoms with Crippen molar-refractivity contribution < 1.29 is 17.2 Å². The number of halogens is 2. The molecular formula is C11H7ClFN3O4S. The molecule has 1 aromatic heterocycles. The third-order valence-electron chi connectivity index (χ3n) is 2.42. The van der Waals surface area contributed by atoms with Gasteiger partial charge in [0.05, 0.1) is 16.8 Å². The molecular weight excluding hydrogens is 325 g/mol. The maximum absolute atomic E-state index is 12.9. The molecule has 1 aromatic carbocycles. The molecule has 0 aliphatic heterocycles. The van der Waals surface area contributed by atoms with Gasteiger partial charge in [-0.25, -0.2) is 4.98 Å². The maximum Gasteiger partial charge on any atom is 0.332 e. The second kappa shape index (κ2) is 5.62. The predicted octanol–water partition coefficient (Wildman–Crippen LogP) is 3.05. The Hall–Kier alpha value is -2.26. The molecule has 0 amide bonds. The van der Waals surface area contributed by atoms with Crippen LogP contribution in [0.5, 0.6) is 0 Å². The largest absolute Gasteiger partial charge is 0.354 e. The average molecular weight is 332 g/mol. The SMILES string of the molecule is O=[N+]([O-])c1cc(Nc2cccc(S(=O)(=O)F)c2)cnc1Cl. The highest BCUT2D eigenvalue weighted by atomic mass is 35.5. The van der Waals surface area contributed by atoms with Crippen molar-refractivity contribution in [2.45, 2.75) is 4.90 Å². The molecule has 0 radical (unpaired) electrons. The Morgan fingerprint density at radius 3 is 2.62 bits per heavy atom. The van der Waals surface area contributed by atoms with Crippen LogP contribution in [0.3, 0.4) is 0 Å². The molecule has 2 rings (SSSR count). The number of benzene rings is 1. The number of nitrogens with zero attached hydrogens (tertiary/aromatic N) is 2. The van der Waals surface area contributed by atoms with Crippen LogP contribution in [-0.2, 0) is 10.2 Å². The molecule has 0 saturated heterocycles. The van der Waals surface area contributed by atoms with E-state index in [-0.39, 0.29) is 16.5 Å². The molecule has 21 heavy (non-hydrogen) atoms. The van der Waals surface area contributed by atoms with Gasteiger partial charge in [0.15, 0.2) is 0 Å². The van der Waals surface area contributed by atoms with E-state index in [1.54, 1.807) is 0 Å². The summed E-state index contributed by atoms with van der Waals surface area (Å²) in [6.45, 7) is 0. The second-order valence-corrected chi connectivity index (χ2v) is 5.59. The lowest BCUT2D eigenvalue weighted by molar-refractivity contribution is -0.385. The molecule has 0 atom stereocenters. The standard InChI is InChI=1S/C11H7ClFN3O4S/c12-11-10(16(17)18)5-8(6-14-11)15-7-2-1-3-9(4-7)21(13,19)20/h1-6,15H. The van der Waals surface area contributed by atoms with Gasteiger partial charge in [-0.2, -0.15) is 8.42 Å². The molecule has 0 aliphatic carbocycles. The van der Waals surface area contributed by atoms with Gasteiger partial charge in [-0.1, -0.05) is 17.7 Å². The number of pyridine rings is 1. The van der Waals surface area contributed by atoms with E-state index >= 15 is 0 Å². The fourth-order valence-corrected chi connectivity index (χ4v) is 2.21. The van der Waals surface area contributed by atoms with Crippen molar-refractivity contribution in [2.75, 3.05) is 5.32 Å². The van der Waals surface area contributed by atoms with Gasteiger partial charge in [-0.05, 0) is 18.2 Å². The Balaban J connectivity index is 2.35. The Kier molecular flexibility index (Phi) is 4.05. The first-order chi connectivity index (χ1) is 9.77. The van der Waals surface area contributed by atoms with Crippen LogP contribution in [0.1, 0.15) is 0 Å². The lowest BCUT2D eigenvalue weighted by Crippen LogP contribution is -1.97. The lowest BCUT2D eigenvalue weighted by atomic mass is 10.3. The lowest BCUT2D eigenvalue weighted by Gasteiger charge is -2.07. The highest BCUT2D eigenvalue weighted by Gasteiger charge is 2.15. The number of nitro groups is 1. The monoisotopic (exact) mass is 331 g/mol. The number of hydrogen-bond acceptors (Lipinski definition) is 6. The van der Waals surface area contributed by atoms with E-state index in [1.165, 1.54) is 18.3 Å². The van der Waals surface area contributed by atoms with Crippen molar-refractivity contribution in [1.82, 2.24) is 4.98 Å². The van der Waals surface area contributed by atoms with Crippen molar-refractivity contribution in [3.63, 3.8) is 0 Å². The molecule has 1 N–H and O–H groups in total. The summed E-state index contributed by atoms with van der Waals surface area (Å²) < 4.78 is 34.5. The number of anilines is 2. The van der Waals surface area contributed by atoms with Crippen LogP contribution in [0, 0.1) is 10.1 Å². The summed E-state index contributed by atoms with van der Waals surface area (Å²) >= 11 is 5.57. The smallest absolute Gasteiger partial charge is 0.332 e. The van der Waals surface area contributed by atoms with Crippen molar-refractivity contribution >= 4 is 38.9 Å². The molecule has 2 aromatic rings. The average Bonchev–Trinajstić information content (AvgIpc) is 2.40. The first-order valence-electron chi connectivity index (χ1n) is 5.39. The third-order valence-corrected chi connectivity index (χ3v) is 3.53. The third kappa shape index (κ3) is 3.64. The zero-order valence-electron chi connectivity index (χ0n) is 10.2. The summed E-state index contributed by atoms with van der Waals surface area (Å²) in [6, 6.07) is 6.06. The van der Waals surface area contributed by atoms with E-state index in [9.17, 15) is 22.4 Å². The fraction of sp³-hybridized carbons (Fsp3) is 0. The van der Waals surface area contributed by atoms with Crippen LogP contribution in [0.25, 0.3) is 0 Å². The van der Waals surface area contributed by atoms with Crippen LogP contribution in [0.15, 0.2) is 41.4 Å². The Bertz CT molecular complexity index is 813. The molecule has 0 aliphatic rings. The maximum atomic E-state index is 12.9. The van der Waals surface area contributed by atoms with E-state index in [1.807, 2.05) is 0 Å². The summed E-state index contributed by atoms with van der Waals surface area (Å²) in [7, 11) is -4.83. The van der Waals surface area contributed by atoms with Crippen molar-refractivity contribution in [3.05, 3.63) is 51.8 Å². The Morgan fingerprint density at radius 1 is 1.29 bits per heavy atom. The van der Waals surface area contributed by atoms with Gasteiger partial charge >= 0.3 is 15.9 Å². The number of hydrogen-bond donors (Lipinski definition) is 1. The molecule has 0 fully saturated rings. The van der Waals surface area contributed by atoms with Gasteiger partial charge < -0.3 is 5.32 Å². The van der Waals surface area contributed by atoms with E-state index < -0.39 is 25.7 Å². The molecule has 0 spiro atoms. The minimum absolute atomic E-state index is 0.208.